The molecule has 2 unspecified atom stereocenters. The highest BCUT2D eigenvalue weighted by Gasteiger charge is 2.47. The summed E-state index contributed by atoms with van der Waals surface area (Å²) >= 11 is 0. The average molecular weight is 369 g/mol. The molecule has 2 fully saturated rings. The third-order valence-corrected chi connectivity index (χ3v) is 5.80. The van der Waals surface area contributed by atoms with Gasteiger partial charge in [-0.15, -0.1) is 0 Å². The highest BCUT2D eigenvalue weighted by molar-refractivity contribution is 5.76. The van der Waals surface area contributed by atoms with Crippen LogP contribution in [0.15, 0.2) is 0 Å². The van der Waals surface area contributed by atoms with E-state index < -0.39 is 22.8 Å². The number of esters is 1. The molecule has 26 heavy (non-hydrogen) atoms. The minimum absolute atomic E-state index is 0.0838. The summed E-state index contributed by atoms with van der Waals surface area (Å²) in [5.74, 6) is 0.886. The molecule has 2 atom stereocenters. The van der Waals surface area contributed by atoms with Crippen LogP contribution in [0, 0.1) is 17.3 Å². The third kappa shape index (κ3) is 5.62. The van der Waals surface area contributed by atoms with E-state index >= 15 is 0 Å². The zero-order chi connectivity index (χ0) is 19.6. The Morgan fingerprint density at radius 3 is 2.12 bits per heavy atom. The van der Waals surface area contributed by atoms with E-state index in [2.05, 4.69) is 0 Å². The van der Waals surface area contributed by atoms with Gasteiger partial charge in [-0.05, 0) is 72.1 Å². The van der Waals surface area contributed by atoms with Crippen molar-refractivity contribution in [2.45, 2.75) is 97.7 Å². The van der Waals surface area contributed by atoms with Gasteiger partial charge in [-0.1, -0.05) is 26.2 Å². The predicted molar refractivity (Wildman–Crippen MR) is 99.8 cm³/mol. The van der Waals surface area contributed by atoms with Crippen molar-refractivity contribution in [2.75, 3.05) is 6.61 Å². The van der Waals surface area contributed by atoms with E-state index in [1.54, 1.807) is 20.8 Å². The van der Waals surface area contributed by atoms with Gasteiger partial charge >= 0.3 is 12.1 Å². The van der Waals surface area contributed by atoms with Crippen molar-refractivity contribution >= 4 is 12.1 Å². The van der Waals surface area contributed by atoms with Crippen molar-refractivity contribution in [2.24, 2.45) is 17.3 Å². The average Bonchev–Trinajstić information content (AvgIpc) is 2.51. The molecule has 2 bridgehead atoms. The lowest BCUT2D eigenvalue weighted by molar-refractivity contribution is -0.188. The highest BCUT2D eigenvalue weighted by atomic mass is 16.7. The Morgan fingerprint density at radius 2 is 1.62 bits per heavy atom. The summed E-state index contributed by atoms with van der Waals surface area (Å²) in [5, 5.41) is 0. The van der Waals surface area contributed by atoms with Crippen molar-refractivity contribution in [1.82, 2.24) is 0 Å². The molecular weight excluding hydrogens is 332 g/mol. The molecule has 5 heteroatoms. The summed E-state index contributed by atoms with van der Waals surface area (Å²) in [6.07, 6.45) is 6.34. The standard InChI is InChI=1S/C21H36O5/c1-7-20(5,6)17(22)25-21(14-24-18(23)26-19(2,3)4)12-15-9-8-10-16(11-15)13-21/h15-16H,7-14H2,1-6H3. The maximum atomic E-state index is 12.8. The number of rotatable bonds is 5. The van der Waals surface area contributed by atoms with Crippen LogP contribution in [0.25, 0.3) is 0 Å². The first-order chi connectivity index (χ1) is 11.9. The monoisotopic (exact) mass is 368 g/mol. The van der Waals surface area contributed by atoms with Crippen LogP contribution in [0.3, 0.4) is 0 Å². The fourth-order valence-corrected chi connectivity index (χ4v) is 4.09. The number of carbonyl (C=O) groups is 2. The minimum atomic E-state index is -0.714. The minimum Gasteiger partial charge on any atom is -0.455 e. The number of ether oxygens (including phenoxy) is 3. The largest absolute Gasteiger partial charge is 0.508 e. The van der Waals surface area contributed by atoms with E-state index in [4.69, 9.17) is 14.2 Å². The van der Waals surface area contributed by atoms with Crippen molar-refractivity contribution < 1.29 is 23.8 Å². The lowest BCUT2D eigenvalue weighted by atomic mass is 9.66. The summed E-state index contributed by atoms with van der Waals surface area (Å²) in [6.45, 7) is 11.3. The van der Waals surface area contributed by atoms with Crippen LogP contribution in [-0.2, 0) is 19.0 Å². The molecule has 2 aliphatic carbocycles. The molecule has 2 rings (SSSR count). The molecule has 0 radical (unpaired) electrons. The first kappa shape index (κ1) is 21.0. The molecule has 0 N–H and O–H groups in total. The van der Waals surface area contributed by atoms with Crippen molar-refractivity contribution in [3.8, 4) is 0 Å². The summed E-state index contributed by atoms with van der Waals surface area (Å²) in [6, 6.07) is 0. The second kappa shape index (κ2) is 7.77. The van der Waals surface area contributed by atoms with Gasteiger partial charge in [-0.25, -0.2) is 4.79 Å². The Morgan fingerprint density at radius 1 is 1.04 bits per heavy atom. The Hall–Kier alpha value is -1.26. The fraction of sp³-hybridized carbons (Fsp3) is 0.905. The summed E-state index contributed by atoms with van der Waals surface area (Å²) in [4.78, 5) is 24.8. The lowest BCUT2D eigenvalue weighted by Crippen LogP contribution is -2.50. The Balaban J connectivity index is 2.11. The molecule has 5 nitrogen and oxygen atoms in total. The van der Waals surface area contributed by atoms with Gasteiger partial charge < -0.3 is 14.2 Å². The zero-order valence-electron chi connectivity index (χ0n) is 17.4. The van der Waals surface area contributed by atoms with Gasteiger partial charge in [0.1, 0.15) is 17.8 Å². The second-order valence-corrected chi connectivity index (χ2v) is 9.87. The Labute approximate surface area is 158 Å². The SMILES string of the molecule is CCC(C)(C)C(=O)OC1(COC(=O)OC(C)(C)C)CC2CCCC(C2)C1. The molecule has 0 heterocycles. The first-order valence-corrected chi connectivity index (χ1v) is 10.0. The topological polar surface area (TPSA) is 61.8 Å². The lowest BCUT2D eigenvalue weighted by Gasteiger charge is -2.46. The number of fused-ring (bicyclic) bond motifs is 2. The quantitative estimate of drug-likeness (QED) is 0.620. The van der Waals surface area contributed by atoms with E-state index in [1.165, 1.54) is 25.7 Å². The van der Waals surface area contributed by atoms with Crippen LogP contribution in [0.2, 0.25) is 0 Å². The van der Waals surface area contributed by atoms with Crippen molar-refractivity contribution in [3.63, 3.8) is 0 Å². The molecule has 2 aliphatic rings. The zero-order valence-corrected chi connectivity index (χ0v) is 17.4. The van der Waals surface area contributed by atoms with Gasteiger partial charge in [0.05, 0.1) is 5.41 Å². The molecule has 150 valence electrons. The molecule has 0 spiro atoms. The van der Waals surface area contributed by atoms with Gasteiger partial charge in [0.2, 0.25) is 0 Å². The molecule has 0 aliphatic heterocycles. The van der Waals surface area contributed by atoms with E-state index in [0.29, 0.717) is 18.3 Å². The molecule has 0 aromatic carbocycles. The Bertz CT molecular complexity index is 505. The molecule has 2 saturated carbocycles. The summed E-state index contributed by atoms with van der Waals surface area (Å²) < 4.78 is 16.8. The van der Waals surface area contributed by atoms with E-state index in [-0.39, 0.29) is 12.6 Å². The maximum absolute atomic E-state index is 12.8. The molecule has 0 amide bonds. The van der Waals surface area contributed by atoms with E-state index in [1.807, 2.05) is 20.8 Å². The van der Waals surface area contributed by atoms with E-state index in [9.17, 15) is 9.59 Å². The highest BCUT2D eigenvalue weighted by Crippen LogP contribution is 2.47. The van der Waals surface area contributed by atoms with E-state index in [0.717, 1.165) is 12.8 Å². The molecule has 0 saturated heterocycles. The summed E-state index contributed by atoms with van der Waals surface area (Å²) in [5.41, 5.74) is -1.85. The van der Waals surface area contributed by atoms with Crippen LogP contribution in [0.1, 0.15) is 86.5 Å². The smallest absolute Gasteiger partial charge is 0.455 e. The van der Waals surface area contributed by atoms with Gasteiger partial charge in [0, 0.05) is 0 Å². The summed E-state index contributed by atoms with van der Waals surface area (Å²) in [7, 11) is 0. The van der Waals surface area contributed by atoms with Crippen LogP contribution in [0.4, 0.5) is 4.79 Å². The van der Waals surface area contributed by atoms with Gasteiger partial charge in [-0.2, -0.15) is 0 Å². The van der Waals surface area contributed by atoms with Crippen LogP contribution in [0.5, 0.6) is 0 Å². The molecule has 0 aromatic heterocycles. The van der Waals surface area contributed by atoms with Gasteiger partial charge in [-0.3, -0.25) is 4.79 Å². The number of carbonyl (C=O) groups excluding carboxylic acids is 2. The van der Waals surface area contributed by atoms with Gasteiger partial charge in [0.15, 0.2) is 0 Å². The second-order valence-electron chi connectivity index (χ2n) is 9.87. The van der Waals surface area contributed by atoms with Crippen molar-refractivity contribution in [1.29, 1.82) is 0 Å². The van der Waals surface area contributed by atoms with Gasteiger partial charge in [0.25, 0.3) is 0 Å². The number of hydrogen-bond acceptors (Lipinski definition) is 5. The van der Waals surface area contributed by atoms with Crippen molar-refractivity contribution in [3.05, 3.63) is 0 Å². The van der Waals surface area contributed by atoms with Crippen LogP contribution in [-0.4, -0.2) is 29.9 Å². The molecular formula is C21H36O5. The van der Waals surface area contributed by atoms with Crippen LogP contribution < -0.4 is 0 Å². The Kier molecular flexibility index (Phi) is 6.29. The third-order valence-electron chi connectivity index (χ3n) is 5.80. The fourth-order valence-electron chi connectivity index (χ4n) is 4.09. The molecule has 0 aromatic rings. The van der Waals surface area contributed by atoms with Crippen LogP contribution >= 0.6 is 0 Å². The predicted octanol–water partition coefficient (Wildman–Crippen LogP) is 5.26. The maximum Gasteiger partial charge on any atom is 0.508 e. The number of hydrogen-bond donors (Lipinski definition) is 0. The first-order valence-electron chi connectivity index (χ1n) is 10.0. The normalized spacial score (nSPS) is 29.0.